The Labute approximate surface area is 143 Å². The summed E-state index contributed by atoms with van der Waals surface area (Å²) in [5.41, 5.74) is 2.69. The van der Waals surface area contributed by atoms with Gasteiger partial charge >= 0.3 is 5.97 Å². The maximum atomic E-state index is 11.7. The molecule has 114 valence electrons. The summed E-state index contributed by atoms with van der Waals surface area (Å²) >= 11 is 2.16. The minimum atomic E-state index is -0.415. The van der Waals surface area contributed by atoms with Crippen molar-refractivity contribution in [2.24, 2.45) is 0 Å². The Morgan fingerprint density at radius 3 is 2.55 bits per heavy atom. The molecule has 0 atom stereocenters. The van der Waals surface area contributed by atoms with Gasteiger partial charge in [-0.3, -0.25) is 9.59 Å². The van der Waals surface area contributed by atoms with Crippen LogP contribution < -0.4 is 5.32 Å². The van der Waals surface area contributed by atoms with E-state index in [2.05, 4.69) is 27.9 Å². The van der Waals surface area contributed by atoms with Gasteiger partial charge in [-0.15, -0.1) is 0 Å². The van der Waals surface area contributed by atoms with Crippen LogP contribution >= 0.6 is 22.6 Å². The van der Waals surface area contributed by atoms with Gasteiger partial charge in [0.25, 0.3) is 5.91 Å². The molecule has 0 spiro atoms. The summed E-state index contributed by atoms with van der Waals surface area (Å²) in [5, 5.41) is 2.69. The third-order valence-corrected chi connectivity index (χ3v) is 3.61. The molecule has 0 unspecified atom stereocenters. The second-order valence-electron chi connectivity index (χ2n) is 4.88. The number of hydrogen-bond donors (Lipinski definition) is 1. The van der Waals surface area contributed by atoms with Gasteiger partial charge in [0.15, 0.2) is 6.61 Å². The number of nitrogens with one attached hydrogen (secondary N) is 1. The number of esters is 1. The molecule has 0 saturated carbocycles. The largest absolute Gasteiger partial charge is 0.455 e. The topological polar surface area (TPSA) is 55.4 Å². The summed E-state index contributed by atoms with van der Waals surface area (Å²) in [7, 11) is 0. The molecular formula is C17H16INO3. The van der Waals surface area contributed by atoms with Crippen LogP contribution in [0.4, 0.5) is 5.69 Å². The van der Waals surface area contributed by atoms with Crippen molar-refractivity contribution in [3.63, 3.8) is 0 Å². The monoisotopic (exact) mass is 409 g/mol. The average Bonchev–Trinajstić information content (AvgIpc) is 2.48. The predicted molar refractivity (Wildman–Crippen MR) is 93.6 cm³/mol. The van der Waals surface area contributed by atoms with Crippen LogP contribution in [0.3, 0.4) is 0 Å². The Bertz CT molecular complexity index is 668. The predicted octanol–water partition coefficient (Wildman–Crippen LogP) is 3.32. The van der Waals surface area contributed by atoms with Crippen molar-refractivity contribution < 1.29 is 14.3 Å². The Kier molecular flexibility index (Phi) is 5.94. The molecule has 0 aliphatic carbocycles. The summed E-state index contributed by atoms with van der Waals surface area (Å²) in [6.45, 7) is 1.70. The zero-order valence-corrected chi connectivity index (χ0v) is 14.3. The van der Waals surface area contributed by atoms with Crippen molar-refractivity contribution in [1.82, 2.24) is 0 Å². The second kappa shape index (κ2) is 7.93. The van der Waals surface area contributed by atoms with E-state index in [0.29, 0.717) is 5.69 Å². The number of anilines is 1. The van der Waals surface area contributed by atoms with Crippen molar-refractivity contribution in [2.75, 3.05) is 11.9 Å². The van der Waals surface area contributed by atoms with Crippen molar-refractivity contribution in [1.29, 1.82) is 0 Å². The lowest BCUT2D eigenvalue weighted by Gasteiger charge is -2.07. The number of amides is 1. The fourth-order valence-electron chi connectivity index (χ4n) is 1.83. The van der Waals surface area contributed by atoms with E-state index >= 15 is 0 Å². The van der Waals surface area contributed by atoms with Crippen LogP contribution in [0, 0.1) is 10.5 Å². The van der Waals surface area contributed by atoms with Gasteiger partial charge < -0.3 is 10.1 Å². The van der Waals surface area contributed by atoms with Gasteiger partial charge in [-0.05, 0) is 53.3 Å². The molecule has 0 bridgehead atoms. The highest BCUT2D eigenvalue weighted by molar-refractivity contribution is 14.1. The number of ether oxygens (including phenoxy) is 1. The maximum absolute atomic E-state index is 11.7. The number of hydrogen-bond acceptors (Lipinski definition) is 3. The molecule has 1 amide bonds. The number of rotatable bonds is 5. The standard InChI is InChI=1S/C17H16INO3/c1-12-5-7-13(8-6-12)9-17(21)22-11-16(20)19-15-4-2-3-14(18)10-15/h2-8,10H,9,11H2,1H3,(H,19,20). The first-order valence-electron chi connectivity index (χ1n) is 6.79. The van der Waals surface area contributed by atoms with E-state index in [0.717, 1.165) is 14.7 Å². The van der Waals surface area contributed by atoms with Crippen LogP contribution in [0.15, 0.2) is 48.5 Å². The van der Waals surface area contributed by atoms with E-state index in [1.54, 1.807) is 6.07 Å². The van der Waals surface area contributed by atoms with Crippen LogP contribution in [0.2, 0.25) is 0 Å². The number of halogens is 1. The Balaban J connectivity index is 1.78. The third kappa shape index (κ3) is 5.48. The highest BCUT2D eigenvalue weighted by Gasteiger charge is 2.09. The van der Waals surface area contributed by atoms with E-state index in [1.165, 1.54) is 0 Å². The lowest BCUT2D eigenvalue weighted by Crippen LogP contribution is -2.21. The SMILES string of the molecule is Cc1ccc(CC(=O)OCC(=O)Nc2cccc(I)c2)cc1. The summed E-state index contributed by atoms with van der Waals surface area (Å²) in [5.74, 6) is -0.763. The zero-order valence-electron chi connectivity index (χ0n) is 12.1. The number of carbonyl (C=O) groups excluding carboxylic acids is 2. The van der Waals surface area contributed by atoms with E-state index in [-0.39, 0.29) is 18.9 Å². The van der Waals surface area contributed by atoms with Gasteiger partial charge in [-0.2, -0.15) is 0 Å². The molecular weight excluding hydrogens is 393 g/mol. The number of carbonyl (C=O) groups is 2. The van der Waals surface area contributed by atoms with Gasteiger partial charge in [0.1, 0.15) is 0 Å². The highest BCUT2D eigenvalue weighted by Crippen LogP contribution is 2.12. The van der Waals surface area contributed by atoms with E-state index in [4.69, 9.17) is 4.74 Å². The van der Waals surface area contributed by atoms with Crippen molar-refractivity contribution in [3.05, 3.63) is 63.2 Å². The lowest BCUT2D eigenvalue weighted by molar-refractivity contribution is -0.146. The first kappa shape index (κ1) is 16.5. The average molecular weight is 409 g/mol. The molecule has 0 saturated heterocycles. The Hall–Kier alpha value is -1.89. The molecule has 2 rings (SSSR count). The number of benzene rings is 2. The molecule has 1 N–H and O–H groups in total. The van der Waals surface area contributed by atoms with Gasteiger partial charge in [0.05, 0.1) is 6.42 Å². The van der Waals surface area contributed by atoms with Crippen molar-refractivity contribution in [2.45, 2.75) is 13.3 Å². The van der Waals surface area contributed by atoms with Crippen LogP contribution in [0.25, 0.3) is 0 Å². The molecule has 0 aliphatic rings. The molecule has 0 aromatic heterocycles. The molecule has 4 nitrogen and oxygen atoms in total. The maximum Gasteiger partial charge on any atom is 0.310 e. The first-order valence-corrected chi connectivity index (χ1v) is 7.87. The second-order valence-corrected chi connectivity index (χ2v) is 6.13. The minimum Gasteiger partial charge on any atom is -0.455 e. The first-order chi connectivity index (χ1) is 10.5. The van der Waals surface area contributed by atoms with Gasteiger partial charge in [0, 0.05) is 9.26 Å². The summed E-state index contributed by atoms with van der Waals surface area (Å²) in [6.07, 6.45) is 0.163. The van der Waals surface area contributed by atoms with Gasteiger partial charge in [-0.25, -0.2) is 0 Å². The molecule has 0 radical (unpaired) electrons. The fourth-order valence-corrected chi connectivity index (χ4v) is 2.38. The summed E-state index contributed by atoms with van der Waals surface area (Å²) in [6, 6.07) is 15.0. The summed E-state index contributed by atoms with van der Waals surface area (Å²) in [4.78, 5) is 23.4. The van der Waals surface area contributed by atoms with E-state index in [1.807, 2.05) is 49.4 Å². The summed E-state index contributed by atoms with van der Waals surface area (Å²) < 4.78 is 6.01. The van der Waals surface area contributed by atoms with Crippen LogP contribution in [0.5, 0.6) is 0 Å². The third-order valence-electron chi connectivity index (χ3n) is 2.94. The quantitative estimate of drug-likeness (QED) is 0.609. The number of aryl methyl sites for hydroxylation is 1. The van der Waals surface area contributed by atoms with E-state index in [9.17, 15) is 9.59 Å². The van der Waals surface area contributed by atoms with E-state index < -0.39 is 5.97 Å². The van der Waals surface area contributed by atoms with Crippen LogP contribution in [0.1, 0.15) is 11.1 Å². The van der Waals surface area contributed by atoms with Gasteiger partial charge in [0.2, 0.25) is 0 Å². The molecule has 2 aromatic rings. The highest BCUT2D eigenvalue weighted by atomic mass is 127. The lowest BCUT2D eigenvalue weighted by atomic mass is 10.1. The van der Waals surface area contributed by atoms with Crippen molar-refractivity contribution >= 4 is 40.2 Å². The van der Waals surface area contributed by atoms with Gasteiger partial charge in [-0.1, -0.05) is 35.9 Å². The molecule has 5 heteroatoms. The molecule has 0 fully saturated rings. The molecule has 0 heterocycles. The molecule has 0 aliphatic heterocycles. The minimum absolute atomic E-state index is 0.163. The fraction of sp³-hybridized carbons (Fsp3) is 0.176. The molecule has 2 aromatic carbocycles. The Morgan fingerprint density at radius 1 is 1.14 bits per heavy atom. The molecule has 22 heavy (non-hydrogen) atoms. The van der Waals surface area contributed by atoms with Crippen LogP contribution in [-0.2, 0) is 20.7 Å². The zero-order chi connectivity index (χ0) is 15.9. The smallest absolute Gasteiger partial charge is 0.310 e. The van der Waals surface area contributed by atoms with Crippen LogP contribution in [-0.4, -0.2) is 18.5 Å². The Morgan fingerprint density at radius 2 is 1.86 bits per heavy atom. The normalized spacial score (nSPS) is 10.1. The van der Waals surface area contributed by atoms with Crippen molar-refractivity contribution in [3.8, 4) is 0 Å².